The molecule has 0 radical (unpaired) electrons. The van der Waals surface area contributed by atoms with Crippen LogP contribution in [-0.2, 0) is 0 Å². The highest BCUT2D eigenvalue weighted by molar-refractivity contribution is 6.26. The van der Waals surface area contributed by atoms with Crippen LogP contribution in [0.3, 0.4) is 0 Å². The lowest BCUT2D eigenvalue weighted by Crippen LogP contribution is -2.06. The molecule has 5 nitrogen and oxygen atoms in total. The van der Waals surface area contributed by atoms with Gasteiger partial charge in [-0.1, -0.05) is 188 Å². The van der Waals surface area contributed by atoms with Gasteiger partial charge in [0.15, 0.2) is 11.6 Å². The maximum absolute atomic E-state index is 5.38. The monoisotopic (exact) mass is 791 g/mol. The van der Waals surface area contributed by atoms with E-state index in [1.165, 1.54) is 11.1 Å². The van der Waals surface area contributed by atoms with Crippen molar-refractivity contribution in [2.45, 2.75) is 0 Å². The molecule has 0 saturated carbocycles. The number of hydrogen-bond acceptors (Lipinski definition) is 3. The minimum Gasteiger partial charge on any atom is -0.309 e. The molecule has 0 fully saturated rings. The zero-order chi connectivity index (χ0) is 41.0. The fourth-order valence-corrected chi connectivity index (χ4v) is 9.16. The van der Waals surface area contributed by atoms with Gasteiger partial charge in [-0.25, -0.2) is 4.98 Å². The van der Waals surface area contributed by atoms with Crippen LogP contribution in [0.5, 0.6) is 0 Å². The Morgan fingerprint density at radius 3 is 1.48 bits per heavy atom. The Kier molecular flexibility index (Phi) is 8.42. The summed E-state index contributed by atoms with van der Waals surface area (Å²) in [4.78, 5) is 15.9. The second-order valence-electron chi connectivity index (χ2n) is 15.6. The first-order chi connectivity index (χ1) is 30.8. The molecule has 9 aromatic carbocycles. The van der Waals surface area contributed by atoms with E-state index >= 15 is 0 Å². The average molecular weight is 792 g/mol. The third-order valence-electron chi connectivity index (χ3n) is 12.0. The molecule has 12 rings (SSSR count). The molecule has 5 heteroatoms. The second-order valence-corrected chi connectivity index (χ2v) is 15.6. The summed E-state index contributed by atoms with van der Waals surface area (Å²) >= 11 is 0. The lowest BCUT2D eigenvalue weighted by molar-refractivity contribution is 0.955. The topological polar surface area (TPSA) is 48.5 Å². The molecule has 0 saturated heterocycles. The van der Waals surface area contributed by atoms with Crippen LogP contribution in [0.1, 0.15) is 0 Å². The smallest absolute Gasteiger partial charge is 0.238 e. The molecule has 0 spiro atoms. The molecule has 0 aliphatic heterocycles. The molecule has 0 aliphatic rings. The summed E-state index contributed by atoms with van der Waals surface area (Å²) in [6.07, 6.45) is 0. The first-order valence-corrected chi connectivity index (χ1v) is 21.0. The van der Waals surface area contributed by atoms with Crippen LogP contribution >= 0.6 is 0 Å². The summed E-state index contributed by atoms with van der Waals surface area (Å²) < 4.78 is 4.69. The van der Waals surface area contributed by atoms with Gasteiger partial charge in [0, 0.05) is 38.2 Å². The third kappa shape index (κ3) is 5.90. The van der Waals surface area contributed by atoms with E-state index in [0.29, 0.717) is 17.6 Å². The zero-order valence-electron chi connectivity index (χ0n) is 33.6. The van der Waals surface area contributed by atoms with Crippen LogP contribution < -0.4 is 0 Å². The second kappa shape index (κ2) is 14.7. The summed E-state index contributed by atoms with van der Waals surface area (Å²) in [7, 11) is 0. The largest absolute Gasteiger partial charge is 0.309 e. The Hall–Kier alpha value is -8.41. The van der Waals surface area contributed by atoms with Crippen molar-refractivity contribution < 1.29 is 0 Å². The van der Waals surface area contributed by atoms with Gasteiger partial charge in [-0.2, -0.15) is 9.97 Å². The van der Waals surface area contributed by atoms with Crippen molar-refractivity contribution in [3.63, 3.8) is 0 Å². The SMILES string of the molecule is c1ccc(-c2cccc(-c3nc(-c4ccccc4)nc(-n4c5ccccc5c5ccc6c(c7ccccc7n6-c6ccccc6-c6cccc(-c7ccccc7)c6)c54)n3)c2)cc1. The molecule has 12 aromatic rings. The number of rotatable bonds is 7. The average Bonchev–Trinajstić information content (AvgIpc) is 3.88. The minimum absolute atomic E-state index is 0.563. The lowest BCUT2D eigenvalue weighted by atomic mass is 9.98. The van der Waals surface area contributed by atoms with Crippen molar-refractivity contribution in [3.8, 4) is 67.8 Å². The first kappa shape index (κ1) is 35.5. The molecule has 3 aromatic heterocycles. The highest BCUT2D eigenvalue weighted by atomic mass is 15.2. The maximum atomic E-state index is 5.38. The van der Waals surface area contributed by atoms with Crippen LogP contribution in [0.25, 0.3) is 111 Å². The van der Waals surface area contributed by atoms with Gasteiger partial charge >= 0.3 is 0 Å². The molecule has 0 aliphatic carbocycles. The van der Waals surface area contributed by atoms with Crippen molar-refractivity contribution in [3.05, 3.63) is 224 Å². The van der Waals surface area contributed by atoms with Crippen molar-refractivity contribution in [1.82, 2.24) is 24.1 Å². The van der Waals surface area contributed by atoms with Gasteiger partial charge in [0.2, 0.25) is 5.95 Å². The van der Waals surface area contributed by atoms with E-state index in [-0.39, 0.29) is 0 Å². The van der Waals surface area contributed by atoms with Crippen molar-refractivity contribution in [1.29, 1.82) is 0 Å². The summed E-state index contributed by atoms with van der Waals surface area (Å²) in [5.41, 5.74) is 14.2. The number of fused-ring (bicyclic) bond motifs is 7. The van der Waals surface area contributed by atoms with Crippen LogP contribution in [-0.4, -0.2) is 24.1 Å². The zero-order valence-corrected chi connectivity index (χ0v) is 33.6. The molecule has 0 amide bonds. The van der Waals surface area contributed by atoms with E-state index in [9.17, 15) is 0 Å². The van der Waals surface area contributed by atoms with E-state index in [2.05, 4.69) is 209 Å². The van der Waals surface area contributed by atoms with E-state index in [1.54, 1.807) is 0 Å². The molecular formula is C57H37N5. The first-order valence-electron chi connectivity index (χ1n) is 21.0. The Morgan fingerprint density at radius 2 is 0.790 bits per heavy atom. The molecular weight excluding hydrogens is 755 g/mol. The number of para-hydroxylation sites is 3. The third-order valence-corrected chi connectivity index (χ3v) is 12.0. The Morgan fingerprint density at radius 1 is 0.290 bits per heavy atom. The quantitative estimate of drug-likeness (QED) is 0.162. The van der Waals surface area contributed by atoms with Crippen molar-refractivity contribution in [2.24, 2.45) is 0 Å². The van der Waals surface area contributed by atoms with Crippen LogP contribution in [0, 0.1) is 0 Å². The van der Waals surface area contributed by atoms with Gasteiger partial charge in [0.25, 0.3) is 0 Å². The Balaban J connectivity index is 1.14. The van der Waals surface area contributed by atoms with Crippen LogP contribution in [0.4, 0.5) is 0 Å². The molecule has 290 valence electrons. The summed E-state index contributed by atoms with van der Waals surface area (Å²) in [6, 6.07) is 79.3. The van der Waals surface area contributed by atoms with Crippen LogP contribution in [0.2, 0.25) is 0 Å². The molecule has 0 atom stereocenters. The normalized spacial score (nSPS) is 11.5. The van der Waals surface area contributed by atoms with Gasteiger partial charge in [-0.05, 0) is 64.2 Å². The van der Waals surface area contributed by atoms with E-state index in [0.717, 1.165) is 82.7 Å². The molecule has 0 unspecified atom stereocenters. The predicted octanol–water partition coefficient (Wildman–Crippen LogP) is 14.4. The fourth-order valence-electron chi connectivity index (χ4n) is 9.16. The lowest BCUT2D eigenvalue weighted by Gasteiger charge is -2.15. The standard InChI is InChI=1S/C57H37N5/c1-4-18-38(19-5-1)41-24-16-26-43(36-41)45-28-10-13-31-49(45)61-51-33-15-12-30-48(51)53-52(61)35-34-47-46-29-11-14-32-50(46)62(54(47)53)57-59-55(40-22-8-3-9-23-40)58-56(60-57)44-27-17-25-42(37-44)39-20-6-2-7-21-39/h1-37H. The summed E-state index contributed by atoms with van der Waals surface area (Å²) in [5, 5.41) is 4.55. The van der Waals surface area contributed by atoms with Crippen molar-refractivity contribution >= 4 is 43.6 Å². The Bertz CT molecular complexity index is 3620. The van der Waals surface area contributed by atoms with E-state index in [4.69, 9.17) is 15.0 Å². The Labute approximate surface area is 358 Å². The highest BCUT2D eigenvalue weighted by Crippen LogP contribution is 2.43. The number of benzene rings is 9. The molecule has 3 heterocycles. The van der Waals surface area contributed by atoms with E-state index in [1.807, 2.05) is 24.3 Å². The maximum Gasteiger partial charge on any atom is 0.238 e. The van der Waals surface area contributed by atoms with Gasteiger partial charge in [0.05, 0.1) is 27.8 Å². The van der Waals surface area contributed by atoms with Gasteiger partial charge < -0.3 is 4.57 Å². The van der Waals surface area contributed by atoms with E-state index < -0.39 is 0 Å². The molecule has 0 bridgehead atoms. The number of nitrogens with zero attached hydrogens (tertiary/aromatic N) is 5. The highest BCUT2D eigenvalue weighted by Gasteiger charge is 2.24. The van der Waals surface area contributed by atoms with Gasteiger partial charge in [0.1, 0.15) is 0 Å². The predicted molar refractivity (Wildman–Crippen MR) is 256 cm³/mol. The van der Waals surface area contributed by atoms with Gasteiger partial charge in [-0.15, -0.1) is 0 Å². The van der Waals surface area contributed by atoms with Crippen LogP contribution in [0.15, 0.2) is 224 Å². The summed E-state index contributed by atoms with van der Waals surface area (Å²) in [6.45, 7) is 0. The fraction of sp³-hybridized carbons (Fsp3) is 0. The minimum atomic E-state index is 0.563. The van der Waals surface area contributed by atoms with Crippen molar-refractivity contribution in [2.75, 3.05) is 0 Å². The molecule has 62 heavy (non-hydrogen) atoms. The molecule has 0 N–H and O–H groups in total. The summed E-state index contributed by atoms with van der Waals surface area (Å²) in [5.74, 6) is 1.79. The number of aromatic nitrogens is 5. The van der Waals surface area contributed by atoms with Gasteiger partial charge in [-0.3, -0.25) is 4.57 Å². The number of hydrogen-bond donors (Lipinski definition) is 0.